The Hall–Kier alpha value is -3.97. The van der Waals surface area contributed by atoms with Crippen molar-refractivity contribution >= 4 is 22.9 Å². The fourth-order valence-electron chi connectivity index (χ4n) is 5.04. The van der Waals surface area contributed by atoms with Gasteiger partial charge in [0.15, 0.2) is 5.82 Å². The molecule has 0 aliphatic carbocycles. The van der Waals surface area contributed by atoms with Crippen molar-refractivity contribution in [1.82, 2.24) is 24.8 Å². The van der Waals surface area contributed by atoms with E-state index in [2.05, 4.69) is 69.3 Å². The Balaban J connectivity index is 1.72. The van der Waals surface area contributed by atoms with Crippen molar-refractivity contribution in [1.29, 1.82) is 5.26 Å². The third kappa shape index (κ3) is 5.27. The van der Waals surface area contributed by atoms with Gasteiger partial charge in [-0.1, -0.05) is 36.8 Å². The molecule has 1 amide bonds. The van der Waals surface area contributed by atoms with Gasteiger partial charge in [-0.3, -0.25) is 9.47 Å². The van der Waals surface area contributed by atoms with Gasteiger partial charge >= 0.3 is 11.8 Å². The summed E-state index contributed by atoms with van der Waals surface area (Å²) >= 11 is 0. The Morgan fingerprint density at radius 3 is 2.59 bits per heavy atom. The van der Waals surface area contributed by atoms with E-state index in [1.165, 1.54) is 17.2 Å². The van der Waals surface area contributed by atoms with Crippen molar-refractivity contribution in [3.63, 3.8) is 0 Å². The molecule has 1 N–H and O–H groups in total. The number of piperazine rings is 1. The largest absolute Gasteiger partial charge is 0.453 e. The Morgan fingerprint density at radius 2 is 1.95 bits per heavy atom. The number of hydrogen-bond donors (Lipinski definition) is 1. The summed E-state index contributed by atoms with van der Waals surface area (Å²) in [6.45, 7) is 7.97. The topological polar surface area (TPSA) is 116 Å². The molecule has 3 heterocycles. The lowest BCUT2D eigenvalue weighted by Gasteiger charge is -2.49. The zero-order valence-corrected chi connectivity index (χ0v) is 21.9. The molecule has 2 aromatic heterocycles. The highest BCUT2D eigenvalue weighted by molar-refractivity contribution is 5.86. The molecule has 0 saturated carbocycles. The van der Waals surface area contributed by atoms with Crippen LogP contribution in [0.3, 0.4) is 0 Å². The number of nitrogens with zero attached hydrogens (tertiary/aromatic N) is 6. The summed E-state index contributed by atoms with van der Waals surface area (Å²) in [5.74, 6) is 0.500. The van der Waals surface area contributed by atoms with Crippen LogP contribution in [-0.4, -0.2) is 64.4 Å². The number of amides is 1. The van der Waals surface area contributed by atoms with Gasteiger partial charge in [-0.2, -0.15) is 10.2 Å². The van der Waals surface area contributed by atoms with Gasteiger partial charge in [-0.15, -0.1) is 0 Å². The molecule has 4 rings (SSSR count). The predicted molar refractivity (Wildman–Crippen MR) is 141 cm³/mol. The minimum atomic E-state index is -0.466. The number of methoxy groups -OCH3 is 1. The van der Waals surface area contributed by atoms with E-state index in [0.717, 1.165) is 12.0 Å². The van der Waals surface area contributed by atoms with Gasteiger partial charge in [0, 0.05) is 38.8 Å². The molecule has 194 valence electrons. The van der Waals surface area contributed by atoms with Gasteiger partial charge in [-0.05, 0) is 38.0 Å². The third-order valence-electron chi connectivity index (χ3n) is 7.16. The number of carbonyl (C=O) groups is 1. The maximum absolute atomic E-state index is 12.7. The summed E-state index contributed by atoms with van der Waals surface area (Å²) in [6.07, 6.45) is 0.385. The molecule has 1 unspecified atom stereocenters. The number of aromatic nitrogens is 3. The van der Waals surface area contributed by atoms with Crippen LogP contribution in [-0.2, 0) is 11.8 Å². The van der Waals surface area contributed by atoms with Crippen molar-refractivity contribution in [3.05, 3.63) is 63.7 Å². The number of benzene rings is 1. The predicted octanol–water partition coefficient (Wildman–Crippen LogP) is 2.90. The zero-order valence-electron chi connectivity index (χ0n) is 21.9. The second-order valence-corrected chi connectivity index (χ2v) is 9.51. The fraction of sp³-hybridized carbons (Fsp3) is 0.444. The summed E-state index contributed by atoms with van der Waals surface area (Å²) in [6, 6.07) is 13.9. The van der Waals surface area contributed by atoms with Crippen molar-refractivity contribution in [2.24, 2.45) is 7.05 Å². The molecule has 0 radical (unpaired) electrons. The zero-order chi connectivity index (χ0) is 26.7. The summed E-state index contributed by atoms with van der Waals surface area (Å²) < 4.78 is 6.28. The monoisotopic (exact) mass is 503 g/mol. The maximum atomic E-state index is 12.7. The van der Waals surface area contributed by atoms with Crippen molar-refractivity contribution in [3.8, 4) is 6.07 Å². The number of ether oxygens (including phenoxy) is 1. The van der Waals surface area contributed by atoms with Crippen LogP contribution in [0.2, 0.25) is 0 Å². The average Bonchev–Trinajstić information content (AvgIpc) is 2.91. The molecule has 10 heteroatoms. The van der Waals surface area contributed by atoms with Gasteiger partial charge in [0.25, 0.3) is 0 Å². The number of fused-ring (bicyclic) bond motifs is 1. The summed E-state index contributed by atoms with van der Waals surface area (Å²) in [7, 11) is 3.02. The lowest BCUT2D eigenvalue weighted by atomic mass is 9.97. The van der Waals surface area contributed by atoms with Crippen LogP contribution >= 0.6 is 0 Å². The molecule has 1 saturated heterocycles. The highest BCUT2D eigenvalue weighted by Crippen LogP contribution is 2.32. The number of aryl methyl sites for hydroxylation is 2. The third-order valence-corrected chi connectivity index (χ3v) is 7.16. The van der Waals surface area contributed by atoms with E-state index in [9.17, 15) is 14.9 Å². The number of nitrogens with one attached hydrogen (secondary N) is 1. The molecule has 0 bridgehead atoms. The first kappa shape index (κ1) is 26.1. The maximum Gasteiger partial charge on any atom is 0.406 e. The number of nitriles is 1. The number of pyridine rings is 1. The minimum Gasteiger partial charge on any atom is -0.453 e. The second-order valence-electron chi connectivity index (χ2n) is 9.51. The number of hydrogen-bond acceptors (Lipinski definition) is 8. The lowest BCUT2D eigenvalue weighted by Crippen LogP contribution is -2.59. The molecule has 3 aromatic rings. The molecule has 1 fully saturated rings. The van der Waals surface area contributed by atoms with Crippen LogP contribution in [0.5, 0.6) is 0 Å². The Bertz CT molecular complexity index is 1380. The first-order chi connectivity index (χ1) is 17.8. The number of anilines is 1. The van der Waals surface area contributed by atoms with Gasteiger partial charge in [0.05, 0.1) is 18.7 Å². The molecule has 3 atom stereocenters. The quantitative estimate of drug-likeness (QED) is 0.546. The number of alkyl carbamates (subject to hydrolysis) is 1. The van der Waals surface area contributed by atoms with Crippen LogP contribution in [0, 0.1) is 18.3 Å². The van der Waals surface area contributed by atoms with Gasteiger partial charge in [0.2, 0.25) is 0 Å². The van der Waals surface area contributed by atoms with Crippen LogP contribution in [0.4, 0.5) is 10.6 Å². The highest BCUT2D eigenvalue weighted by Gasteiger charge is 2.37. The van der Waals surface area contributed by atoms with Gasteiger partial charge in [0.1, 0.15) is 17.3 Å². The molecular weight excluding hydrogens is 470 g/mol. The second kappa shape index (κ2) is 11.0. The summed E-state index contributed by atoms with van der Waals surface area (Å²) in [4.78, 5) is 38.1. The van der Waals surface area contributed by atoms with E-state index >= 15 is 0 Å². The van der Waals surface area contributed by atoms with E-state index in [1.807, 2.05) is 6.92 Å². The van der Waals surface area contributed by atoms with E-state index in [1.54, 1.807) is 19.2 Å². The molecular formula is C27H33N7O3. The molecule has 1 aliphatic rings. The Kier molecular flexibility index (Phi) is 7.74. The Morgan fingerprint density at radius 1 is 1.22 bits per heavy atom. The fourth-order valence-corrected chi connectivity index (χ4v) is 5.04. The van der Waals surface area contributed by atoms with E-state index in [4.69, 9.17) is 4.74 Å². The summed E-state index contributed by atoms with van der Waals surface area (Å²) in [5, 5.41) is 12.3. The first-order valence-corrected chi connectivity index (χ1v) is 12.5. The standard InChI is InChI=1S/C27H33N7O3/c1-6-21-16-33(25-24-22(32(4)26(35)31-25)12-11-20(13-28)30-24)18(3)15-34(21)23(14-29-27(36)37-5)19-9-7-17(2)8-10-19/h7-12,18,21,23H,6,14-16H2,1-5H3,(H,29,36)/t18-,21+,23?/m0/s1. The van der Waals surface area contributed by atoms with Crippen LogP contribution in [0.1, 0.15) is 43.1 Å². The smallest absolute Gasteiger partial charge is 0.406 e. The van der Waals surface area contributed by atoms with E-state index < -0.39 is 6.09 Å². The first-order valence-electron chi connectivity index (χ1n) is 12.5. The minimum absolute atomic E-state index is 0.00998. The van der Waals surface area contributed by atoms with Gasteiger partial charge in [-0.25, -0.2) is 14.6 Å². The molecule has 10 nitrogen and oxygen atoms in total. The normalized spacial score (nSPS) is 18.9. The highest BCUT2D eigenvalue weighted by atomic mass is 16.5. The molecule has 1 aliphatic heterocycles. The lowest BCUT2D eigenvalue weighted by molar-refractivity contribution is 0.0932. The van der Waals surface area contributed by atoms with Crippen molar-refractivity contribution in [2.75, 3.05) is 31.6 Å². The average molecular weight is 504 g/mol. The Labute approximate surface area is 216 Å². The van der Waals surface area contributed by atoms with Crippen LogP contribution < -0.4 is 15.9 Å². The van der Waals surface area contributed by atoms with E-state index in [-0.39, 0.29) is 29.5 Å². The SMILES string of the molecule is CC[C@@H]1CN(c2nc(=O)n(C)c3ccc(C#N)nc23)[C@@H](C)CN1C(CNC(=O)OC)c1ccc(C)cc1. The number of carbonyl (C=O) groups excluding carboxylic acids is 1. The van der Waals surface area contributed by atoms with Crippen molar-refractivity contribution in [2.45, 2.75) is 45.3 Å². The van der Waals surface area contributed by atoms with Crippen LogP contribution in [0.15, 0.2) is 41.2 Å². The number of rotatable bonds is 6. The summed E-state index contributed by atoms with van der Waals surface area (Å²) in [5.41, 5.74) is 3.37. The molecule has 0 spiro atoms. The van der Waals surface area contributed by atoms with Crippen molar-refractivity contribution < 1.29 is 9.53 Å². The molecule has 37 heavy (non-hydrogen) atoms. The van der Waals surface area contributed by atoms with Gasteiger partial charge < -0.3 is 15.0 Å². The van der Waals surface area contributed by atoms with E-state index in [0.29, 0.717) is 36.5 Å². The molecule has 1 aromatic carbocycles. The van der Waals surface area contributed by atoms with Crippen LogP contribution in [0.25, 0.3) is 11.0 Å².